The van der Waals surface area contributed by atoms with Crippen LogP contribution in [0.1, 0.15) is 51.0 Å². The van der Waals surface area contributed by atoms with Gasteiger partial charge >= 0.3 is 0 Å². The second-order valence-electron chi connectivity index (χ2n) is 4.35. The van der Waals surface area contributed by atoms with Gasteiger partial charge in [-0.15, -0.1) is 0 Å². The minimum Gasteiger partial charge on any atom is -0.203 e. The first-order valence-electron chi connectivity index (χ1n) is 6.29. The highest BCUT2D eigenvalue weighted by molar-refractivity contribution is 14.1. The summed E-state index contributed by atoms with van der Waals surface area (Å²) in [6.07, 6.45) is 7.64. The van der Waals surface area contributed by atoms with E-state index in [0.29, 0.717) is 15.6 Å². The molecule has 0 atom stereocenters. The molecule has 0 unspecified atom stereocenters. The molecule has 0 aromatic heterocycles. The summed E-state index contributed by atoms with van der Waals surface area (Å²) < 4.78 is 27.2. The van der Waals surface area contributed by atoms with Crippen molar-refractivity contribution in [2.45, 2.75) is 51.9 Å². The van der Waals surface area contributed by atoms with E-state index in [0.717, 1.165) is 12.8 Å². The van der Waals surface area contributed by atoms with Crippen LogP contribution in [-0.4, -0.2) is 0 Å². The molecule has 1 rings (SSSR count). The van der Waals surface area contributed by atoms with Gasteiger partial charge in [0.2, 0.25) is 0 Å². The van der Waals surface area contributed by atoms with Crippen molar-refractivity contribution in [2.24, 2.45) is 0 Å². The molecular formula is C14H19F2I. The molecule has 0 saturated carbocycles. The highest BCUT2D eigenvalue weighted by atomic mass is 127. The van der Waals surface area contributed by atoms with E-state index >= 15 is 0 Å². The molecule has 3 heteroatoms. The van der Waals surface area contributed by atoms with Crippen LogP contribution < -0.4 is 0 Å². The average Bonchev–Trinajstić information content (AvgIpc) is 2.33. The van der Waals surface area contributed by atoms with Gasteiger partial charge in [0.1, 0.15) is 0 Å². The summed E-state index contributed by atoms with van der Waals surface area (Å²) in [7, 11) is 0. The maximum atomic E-state index is 13.5. The number of rotatable bonds is 7. The van der Waals surface area contributed by atoms with E-state index in [1.54, 1.807) is 12.1 Å². The first-order valence-corrected chi connectivity index (χ1v) is 7.37. The Bertz CT molecular complexity index is 350. The Hall–Kier alpha value is -0.190. The van der Waals surface area contributed by atoms with E-state index < -0.39 is 11.6 Å². The number of aryl methyl sites for hydroxylation is 1. The smallest absolute Gasteiger partial charge is 0.172 e. The molecular weight excluding hydrogens is 333 g/mol. The number of hydrogen-bond acceptors (Lipinski definition) is 0. The highest BCUT2D eigenvalue weighted by Crippen LogP contribution is 2.20. The molecule has 17 heavy (non-hydrogen) atoms. The lowest BCUT2D eigenvalue weighted by atomic mass is 10.0. The third kappa shape index (κ3) is 4.90. The summed E-state index contributed by atoms with van der Waals surface area (Å²) in [4.78, 5) is 0. The Morgan fingerprint density at radius 2 is 1.59 bits per heavy atom. The zero-order valence-corrected chi connectivity index (χ0v) is 12.4. The third-order valence-corrected chi connectivity index (χ3v) is 3.75. The number of unbranched alkanes of at least 4 members (excludes halogenated alkanes) is 5. The predicted octanol–water partition coefficient (Wildman–Crippen LogP) is 5.47. The van der Waals surface area contributed by atoms with Gasteiger partial charge < -0.3 is 0 Å². The van der Waals surface area contributed by atoms with Crippen LogP contribution in [0.25, 0.3) is 0 Å². The van der Waals surface area contributed by atoms with Crippen LogP contribution in [0.2, 0.25) is 0 Å². The molecule has 0 radical (unpaired) electrons. The standard InChI is InChI=1S/C14H19F2I/c1-2-3-4-5-6-7-8-11-9-10-12(17)14(16)13(11)15/h9-10H,2-8H2,1H3. The monoisotopic (exact) mass is 352 g/mol. The van der Waals surface area contributed by atoms with Gasteiger partial charge in [-0.05, 0) is 47.1 Å². The van der Waals surface area contributed by atoms with Crippen LogP contribution in [0.15, 0.2) is 12.1 Å². The largest absolute Gasteiger partial charge is 0.203 e. The van der Waals surface area contributed by atoms with Gasteiger partial charge in [-0.25, -0.2) is 8.78 Å². The molecule has 0 bridgehead atoms. The first-order chi connectivity index (χ1) is 8.16. The summed E-state index contributed by atoms with van der Waals surface area (Å²) >= 11 is 1.81. The van der Waals surface area contributed by atoms with E-state index in [9.17, 15) is 8.78 Å². The van der Waals surface area contributed by atoms with Crippen LogP contribution in [0.5, 0.6) is 0 Å². The zero-order valence-electron chi connectivity index (χ0n) is 10.2. The van der Waals surface area contributed by atoms with E-state index in [-0.39, 0.29) is 0 Å². The van der Waals surface area contributed by atoms with Crippen molar-refractivity contribution in [1.29, 1.82) is 0 Å². The second-order valence-corrected chi connectivity index (χ2v) is 5.51. The van der Waals surface area contributed by atoms with Gasteiger partial charge in [0.25, 0.3) is 0 Å². The number of benzene rings is 1. The van der Waals surface area contributed by atoms with Crippen molar-refractivity contribution in [3.8, 4) is 0 Å². The maximum Gasteiger partial charge on any atom is 0.172 e. The summed E-state index contributed by atoms with van der Waals surface area (Å²) in [6, 6.07) is 3.34. The van der Waals surface area contributed by atoms with Crippen LogP contribution in [0.3, 0.4) is 0 Å². The molecule has 0 saturated heterocycles. The van der Waals surface area contributed by atoms with Gasteiger partial charge in [0.05, 0.1) is 3.57 Å². The van der Waals surface area contributed by atoms with Crippen molar-refractivity contribution in [1.82, 2.24) is 0 Å². The molecule has 0 fully saturated rings. The summed E-state index contributed by atoms with van der Waals surface area (Å²) in [5, 5.41) is 0. The molecule has 0 aliphatic carbocycles. The van der Waals surface area contributed by atoms with Crippen molar-refractivity contribution in [2.75, 3.05) is 0 Å². The highest BCUT2D eigenvalue weighted by Gasteiger charge is 2.10. The van der Waals surface area contributed by atoms with Crippen molar-refractivity contribution >= 4 is 22.6 Å². The summed E-state index contributed by atoms with van der Waals surface area (Å²) in [5.74, 6) is -1.36. The van der Waals surface area contributed by atoms with Gasteiger partial charge in [-0.3, -0.25) is 0 Å². The molecule has 0 amide bonds. The van der Waals surface area contributed by atoms with Gasteiger partial charge in [-0.1, -0.05) is 45.1 Å². The topological polar surface area (TPSA) is 0 Å². The van der Waals surface area contributed by atoms with Crippen LogP contribution >= 0.6 is 22.6 Å². The minimum atomic E-state index is -0.700. The third-order valence-electron chi connectivity index (χ3n) is 2.91. The second kappa shape index (κ2) is 8.01. The van der Waals surface area contributed by atoms with E-state index in [2.05, 4.69) is 6.92 Å². The number of hydrogen-bond donors (Lipinski definition) is 0. The van der Waals surface area contributed by atoms with Gasteiger partial charge in [-0.2, -0.15) is 0 Å². The van der Waals surface area contributed by atoms with Gasteiger partial charge in [0.15, 0.2) is 11.6 Å². The SMILES string of the molecule is CCCCCCCCc1ccc(I)c(F)c1F. The van der Waals surface area contributed by atoms with Crippen molar-refractivity contribution in [3.05, 3.63) is 32.9 Å². The Morgan fingerprint density at radius 1 is 0.941 bits per heavy atom. The molecule has 0 aliphatic heterocycles. The van der Waals surface area contributed by atoms with E-state index in [1.807, 2.05) is 22.6 Å². The predicted molar refractivity (Wildman–Crippen MR) is 76.2 cm³/mol. The lowest BCUT2D eigenvalue weighted by Crippen LogP contribution is -1.97. The molecule has 1 aromatic rings. The molecule has 1 aromatic carbocycles. The normalized spacial score (nSPS) is 10.8. The van der Waals surface area contributed by atoms with E-state index in [4.69, 9.17) is 0 Å². The fourth-order valence-corrected chi connectivity index (χ4v) is 2.27. The quantitative estimate of drug-likeness (QED) is 0.347. The molecule has 96 valence electrons. The fourth-order valence-electron chi connectivity index (χ4n) is 1.85. The van der Waals surface area contributed by atoms with Crippen LogP contribution in [-0.2, 0) is 6.42 Å². The Morgan fingerprint density at radius 3 is 2.29 bits per heavy atom. The summed E-state index contributed by atoms with van der Waals surface area (Å²) in [5.41, 5.74) is 0.512. The van der Waals surface area contributed by atoms with E-state index in [1.165, 1.54) is 25.7 Å². The Labute approximate surface area is 116 Å². The molecule has 0 N–H and O–H groups in total. The average molecular weight is 352 g/mol. The Kier molecular flexibility index (Phi) is 7.00. The molecule has 0 heterocycles. The lowest BCUT2D eigenvalue weighted by Gasteiger charge is -2.05. The lowest BCUT2D eigenvalue weighted by molar-refractivity contribution is 0.490. The van der Waals surface area contributed by atoms with Crippen molar-refractivity contribution < 1.29 is 8.78 Å². The fraction of sp³-hybridized carbons (Fsp3) is 0.571. The molecule has 0 aliphatic rings. The first kappa shape index (κ1) is 14.9. The molecule has 0 nitrogen and oxygen atoms in total. The zero-order chi connectivity index (χ0) is 12.7. The van der Waals surface area contributed by atoms with Crippen molar-refractivity contribution in [3.63, 3.8) is 0 Å². The minimum absolute atomic E-state index is 0.354. The Balaban J connectivity index is 2.35. The maximum absolute atomic E-state index is 13.5. The summed E-state index contributed by atoms with van der Waals surface area (Å²) in [6.45, 7) is 2.18. The molecule has 0 spiro atoms. The van der Waals surface area contributed by atoms with Crippen LogP contribution in [0, 0.1) is 15.2 Å². The van der Waals surface area contributed by atoms with Crippen LogP contribution in [0.4, 0.5) is 8.78 Å². The number of halogens is 3. The van der Waals surface area contributed by atoms with Gasteiger partial charge in [0, 0.05) is 0 Å².